The minimum atomic E-state index is 0.300. The highest BCUT2D eigenvalue weighted by Crippen LogP contribution is 2.55. The molecule has 7 aromatic rings. The Morgan fingerprint density at radius 1 is 0.632 bits per heavy atom. The topological polar surface area (TPSA) is 17.8 Å². The lowest BCUT2D eigenvalue weighted by atomic mass is 9.67. The molecule has 2 unspecified atom stereocenters. The van der Waals surface area contributed by atoms with Gasteiger partial charge in [-0.15, -0.1) is 0 Å². The highest BCUT2D eigenvalue weighted by Gasteiger charge is 2.36. The maximum atomic E-state index is 4.31. The number of hydrogen-bond donors (Lipinski definition) is 0. The molecule has 0 spiro atoms. The third-order valence-electron chi connectivity index (χ3n) is 8.47. The van der Waals surface area contributed by atoms with E-state index in [1.54, 1.807) is 0 Å². The van der Waals surface area contributed by atoms with Crippen molar-refractivity contribution in [3.63, 3.8) is 0 Å². The molecule has 38 heavy (non-hydrogen) atoms. The molecule has 1 aliphatic carbocycles. The first kappa shape index (κ1) is 21.4. The Balaban J connectivity index is 1.62. The number of benzene rings is 5. The number of pyridine rings is 1. The summed E-state index contributed by atoms with van der Waals surface area (Å²) in [5, 5.41) is 5.28. The Morgan fingerprint density at radius 2 is 1.29 bits per heavy atom. The van der Waals surface area contributed by atoms with Crippen LogP contribution < -0.4 is 0 Å². The Kier molecular flexibility index (Phi) is 4.59. The Labute approximate surface area is 221 Å². The van der Waals surface area contributed by atoms with Crippen LogP contribution in [-0.4, -0.2) is 9.55 Å². The van der Waals surface area contributed by atoms with E-state index in [1.807, 2.05) is 12.4 Å². The molecule has 0 bridgehead atoms. The molecule has 2 nitrogen and oxygen atoms in total. The minimum absolute atomic E-state index is 0.300. The molecular weight excluding hydrogens is 460 g/mol. The predicted molar refractivity (Wildman–Crippen MR) is 158 cm³/mol. The van der Waals surface area contributed by atoms with Crippen LogP contribution in [0.25, 0.3) is 49.4 Å². The molecule has 0 aliphatic heterocycles. The summed E-state index contributed by atoms with van der Waals surface area (Å²) in [5.74, 6) is 0.619. The molecule has 0 radical (unpaired) electrons. The quantitative estimate of drug-likeness (QED) is 0.238. The van der Waals surface area contributed by atoms with Crippen LogP contribution in [0.4, 0.5) is 0 Å². The van der Waals surface area contributed by atoms with E-state index in [9.17, 15) is 0 Å². The normalized spacial score (nSPS) is 16.6. The van der Waals surface area contributed by atoms with Crippen molar-refractivity contribution in [1.82, 2.24) is 9.55 Å². The van der Waals surface area contributed by atoms with Crippen LogP contribution in [0.1, 0.15) is 35.4 Å². The van der Waals surface area contributed by atoms with Crippen molar-refractivity contribution in [1.29, 1.82) is 0 Å². The van der Waals surface area contributed by atoms with Crippen molar-refractivity contribution >= 4 is 32.6 Å². The molecule has 0 N–H and O–H groups in total. The predicted octanol–water partition coefficient (Wildman–Crippen LogP) is 9.25. The fourth-order valence-electron chi connectivity index (χ4n) is 7.02. The third kappa shape index (κ3) is 2.86. The first-order valence-electron chi connectivity index (χ1n) is 13.4. The smallest absolute Gasteiger partial charge is 0.0625 e. The molecule has 0 fully saturated rings. The van der Waals surface area contributed by atoms with Crippen LogP contribution in [0.2, 0.25) is 0 Å². The fourth-order valence-corrected chi connectivity index (χ4v) is 7.02. The molecule has 1 aliphatic rings. The number of fused-ring (bicyclic) bond motifs is 10. The second-order valence-electron chi connectivity index (χ2n) is 10.4. The molecule has 2 heterocycles. The van der Waals surface area contributed by atoms with E-state index in [0.29, 0.717) is 11.8 Å². The number of para-hydroxylation sites is 1. The maximum absolute atomic E-state index is 4.31. The Hall–Kier alpha value is -4.69. The lowest BCUT2D eigenvalue weighted by Gasteiger charge is -2.35. The minimum Gasteiger partial charge on any atom is -0.308 e. The van der Waals surface area contributed by atoms with Gasteiger partial charge in [-0.1, -0.05) is 104 Å². The number of aromatic nitrogens is 2. The summed E-state index contributed by atoms with van der Waals surface area (Å²) in [6, 6.07) is 42.2. The molecule has 2 aromatic heterocycles. The summed E-state index contributed by atoms with van der Waals surface area (Å²) in [7, 11) is 0. The molecule has 5 aromatic carbocycles. The van der Waals surface area contributed by atoms with Gasteiger partial charge in [0.15, 0.2) is 0 Å². The van der Waals surface area contributed by atoms with Gasteiger partial charge < -0.3 is 4.57 Å². The Bertz CT molecular complexity index is 1980. The van der Waals surface area contributed by atoms with Gasteiger partial charge in [-0.2, -0.15) is 0 Å². The molecule has 0 saturated heterocycles. The molecule has 180 valence electrons. The van der Waals surface area contributed by atoms with E-state index >= 15 is 0 Å². The molecular formula is C36H26N2. The number of nitrogens with zero attached hydrogens (tertiary/aromatic N) is 2. The summed E-state index contributed by atoms with van der Waals surface area (Å²) in [4.78, 5) is 4.31. The van der Waals surface area contributed by atoms with Gasteiger partial charge in [-0.25, -0.2) is 0 Å². The summed E-state index contributed by atoms with van der Waals surface area (Å²) < 4.78 is 2.44. The zero-order valence-electron chi connectivity index (χ0n) is 21.2. The summed E-state index contributed by atoms with van der Waals surface area (Å²) in [6.45, 7) is 2.42. The SMILES string of the molecule is CC1c2c(c3c4ccccc4n(-c4ccncc4)c3c3ccccc23)-c2ccccc2C1c1ccccc1. The van der Waals surface area contributed by atoms with Crippen molar-refractivity contribution in [2.24, 2.45) is 0 Å². The summed E-state index contributed by atoms with van der Waals surface area (Å²) in [6.07, 6.45) is 3.77. The summed E-state index contributed by atoms with van der Waals surface area (Å²) >= 11 is 0. The second kappa shape index (κ2) is 8.16. The van der Waals surface area contributed by atoms with Gasteiger partial charge in [0, 0.05) is 40.2 Å². The van der Waals surface area contributed by atoms with Crippen molar-refractivity contribution in [3.8, 4) is 16.8 Å². The number of hydrogen-bond acceptors (Lipinski definition) is 1. The lowest BCUT2D eigenvalue weighted by Crippen LogP contribution is -2.17. The van der Waals surface area contributed by atoms with E-state index < -0.39 is 0 Å². The zero-order valence-corrected chi connectivity index (χ0v) is 21.2. The van der Waals surface area contributed by atoms with E-state index in [2.05, 4.69) is 132 Å². The highest BCUT2D eigenvalue weighted by molar-refractivity contribution is 6.26. The van der Waals surface area contributed by atoms with Crippen molar-refractivity contribution in [2.75, 3.05) is 0 Å². The van der Waals surface area contributed by atoms with Gasteiger partial charge in [0.05, 0.1) is 11.0 Å². The molecule has 0 saturated carbocycles. The van der Waals surface area contributed by atoms with Crippen LogP contribution in [-0.2, 0) is 0 Å². The molecule has 0 amide bonds. The van der Waals surface area contributed by atoms with Gasteiger partial charge in [0.2, 0.25) is 0 Å². The van der Waals surface area contributed by atoms with Gasteiger partial charge >= 0.3 is 0 Å². The van der Waals surface area contributed by atoms with Crippen LogP contribution in [0.3, 0.4) is 0 Å². The van der Waals surface area contributed by atoms with Crippen LogP contribution in [0.5, 0.6) is 0 Å². The molecule has 2 heteroatoms. The van der Waals surface area contributed by atoms with E-state index in [1.165, 1.54) is 60.4 Å². The van der Waals surface area contributed by atoms with E-state index in [0.717, 1.165) is 5.69 Å². The van der Waals surface area contributed by atoms with Gasteiger partial charge in [-0.05, 0) is 57.3 Å². The van der Waals surface area contributed by atoms with Gasteiger partial charge in [0.25, 0.3) is 0 Å². The molecule has 2 atom stereocenters. The average molecular weight is 487 g/mol. The third-order valence-corrected chi connectivity index (χ3v) is 8.47. The monoisotopic (exact) mass is 486 g/mol. The standard InChI is InChI=1S/C36H26N2/c1-23-32(24-11-3-2-4-12-24)26-13-5-6-14-27(26)34-33(23)28-15-7-8-16-29(28)36-35(34)30-17-9-10-18-31(30)38(36)25-19-21-37-22-20-25/h2-23,32H,1H3. The van der Waals surface area contributed by atoms with Crippen molar-refractivity contribution in [3.05, 3.63) is 144 Å². The van der Waals surface area contributed by atoms with Crippen LogP contribution >= 0.6 is 0 Å². The van der Waals surface area contributed by atoms with Gasteiger partial charge in [0.1, 0.15) is 0 Å². The van der Waals surface area contributed by atoms with Crippen molar-refractivity contribution in [2.45, 2.75) is 18.8 Å². The average Bonchev–Trinajstić information content (AvgIpc) is 3.33. The molecule has 8 rings (SSSR count). The first-order chi connectivity index (χ1) is 18.8. The Morgan fingerprint density at radius 3 is 2.11 bits per heavy atom. The van der Waals surface area contributed by atoms with Crippen LogP contribution in [0.15, 0.2) is 128 Å². The zero-order chi connectivity index (χ0) is 25.2. The fraction of sp³-hybridized carbons (Fsp3) is 0.0833. The lowest BCUT2D eigenvalue weighted by molar-refractivity contribution is 0.655. The van der Waals surface area contributed by atoms with E-state index in [4.69, 9.17) is 0 Å². The largest absolute Gasteiger partial charge is 0.308 e. The first-order valence-corrected chi connectivity index (χ1v) is 13.4. The highest BCUT2D eigenvalue weighted by atomic mass is 15.0. The number of rotatable bonds is 2. The van der Waals surface area contributed by atoms with Gasteiger partial charge in [-0.3, -0.25) is 4.98 Å². The maximum Gasteiger partial charge on any atom is 0.0625 e. The second-order valence-corrected chi connectivity index (χ2v) is 10.4. The van der Waals surface area contributed by atoms with Crippen LogP contribution in [0, 0.1) is 0 Å². The van der Waals surface area contributed by atoms with Crippen molar-refractivity contribution < 1.29 is 0 Å². The summed E-state index contributed by atoms with van der Waals surface area (Å²) in [5.41, 5.74) is 10.6. The van der Waals surface area contributed by atoms with E-state index in [-0.39, 0.29) is 0 Å².